The molecule has 1 rings (SSSR count). The van der Waals surface area contributed by atoms with E-state index >= 15 is 0 Å². The molecule has 0 amide bonds. The lowest BCUT2D eigenvalue weighted by Gasteiger charge is -2.21. The van der Waals surface area contributed by atoms with E-state index < -0.39 is 18.0 Å². The number of imidazole rings is 1. The van der Waals surface area contributed by atoms with Crippen molar-refractivity contribution >= 4 is 5.97 Å². The molecule has 0 aliphatic heterocycles. The van der Waals surface area contributed by atoms with Crippen molar-refractivity contribution in [2.24, 2.45) is 5.92 Å². The van der Waals surface area contributed by atoms with E-state index in [0.29, 0.717) is 12.1 Å². The van der Waals surface area contributed by atoms with Gasteiger partial charge < -0.3 is 14.8 Å². The number of aliphatic hydroxyl groups excluding tert-OH is 1. The van der Waals surface area contributed by atoms with Crippen molar-refractivity contribution < 1.29 is 15.0 Å². The van der Waals surface area contributed by atoms with Gasteiger partial charge in [0.15, 0.2) is 0 Å². The highest BCUT2D eigenvalue weighted by atomic mass is 16.4. The van der Waals surface area contributed by atoms with Gasteiger partial charge in [-0.15, -0.1) is 0 Å². The Morgan fingerprint density at radius 1 is 1.50 bits per heavy atom. The average molecular weight is 254 g/mol. The number of carboxylic acid groups (broad SMARTS) is 1. The number of unbranched alkanes of at least 4 members (excludes halogenated alkanes) is 1. The number of aliphatic carboxylic acids is 1. The molecule has 0 fully saturated rings. The van der Waals surface area contributed by atoms with Crippen LogP contribution in [0.2, 0.25) is 0 Å². The average Bonchev–Trinajstić information content (AvgIpc) is 2.77. The maximum absolute atomic E-state index is 11.2. The molecule has 18 heavy (non-hydrogen) atoms. The molecule has 0 aliphatic rings. The Balaban J connectivity index is 2.91. The van der Waals surface area contributed by atoms with Crippen LogP contribution in [0.3, 0.4) is 0 Å². The molecule has 0 aromatic carbocycles. The fraction of sp³-hybridized carbons (Fsp3) is 0.692. The van der Waals surface area contributed by atoms with Gasteiger partial charge in [-0.05, 0) is 20.3 Å². The Hall–Kier alpha value is -1.36. The van der Waals surface area contributed by atoms with Crippen LogP contribution in [0.1, 0.15) is 57.9 Å². The summed E-state index contributed by atoms with van der Waals surface area (Å²) in [7, 11) is 0. The van der Waals surface area contributed by atoms with Crippen molar-refractivity contribution in [1.29, 1.82) is 0 Å². The van der Waals surface area contributed by atoms with Crippen molar-refractivity contribution in [3.05, 3.63) is 18.2 Å². The zero-order chi connectivity index (χ0) is 13.7. The summed E-state index contributed by atoms with van der Waals surface area (Å²) in [6, 6.07) is 0.151. The van der Waals surface area contributed by atoms with Crippen LogP contribution in [0.5, 0.6) is 0 Å². The summed E-state index contributed by atoms with van der Waals surface area (Å²) in [5.41, 5.74) is 0.577. The van der Waals surface area contributed by atoms with Gasteiger partial charge in [-0.2, -0.15) is 0 Å². The van der Waals surface area contributed by atoms with E-state index in [1.807, 2.05) is 25.3 Å². The second-order valence-corrected chi connectivity index (χ2v) is 4.85. The summed E-state index contributed by atoms with van der Waals surface area (Å²) in [5.74, 6) is -1.72. The number of rotatable bonds is 7. The lowest BCUT2D eigenvalue weighted by Crippen LogP contribution is -2.24. The summed E-state index contributed by atoms with van der Waals surface area (Å²) in [6.45, 7) is 5.95. The topological polar surface area (TPSA) is 75.3 Å². The van der Waals surface area contributed by atoms with E-state index in [1.165, 1.54) is 0 Å². The number of hydrogen-bond acceptors (Lipinski definition) is 3. The van der Waals surface area contributed by atoms with Gasteiger partial charge in [0.25, 0.3) is 0 Å². The Bertz CT molecular complexity index is 387. The van der Waals surface area contributed by atoms with Crippen LogP contribution >= 0.6 is 0 Å². The normalized spacial score (nSPS) is 14.7. The molecule has 0 aliphatic carbocycles. The predicted octanol–water partition coefficient (Wildman–Crippen LogP) is 2.39. The number of carboxylic acids is 1. The highest BCUT2D eigenvalue weighted by Crippen LogP contribution is 2.28. The van der Waals surface area contributed by atoms with E-state index in [4.69, 9.17) is 0 Å². The standard InChI is InChI=1S/C13H22N2O3/c1-4-5-6-10(13(17)18)12(16)11-7-14-8-15(11)9(2)3/h7-10,12,16H,4-6H2,1-3H3,(H,17,18). The first-order valence-corrected chi connectivity index (χ1v) is 6.41. The first-order valence-electron chi connectivity index (χ1n) is 6.41. The lowest BCUT2D eigenvalue weighted by atomic mass is 9.94. The van der Waals surface area contributed by atoms with Crippen LogP contribution in [0.4, 0.5) is 0 Å². The summed E-state index contributed by atoms with van der Waals surface area (Å²) < 4.78 is 1.81. The molecule has 5 heteroatoms. The van der Waals surface area contributed by atoms with Gasteiger partial charge in [0, 0.05) is 6.04 Å². The fourth-order valence-corrected chi connectivity index (χ4v) is 2.02. The van der Waals surface area contributed by atoms with E-state index in [2.05, 4.69) is 4.98 Å². The summed E-state index contributed by atoms with van der Waals surface area (Å²) in [4.78, 5) is 15.2. The second kappa shape index (κ2) is 6.54. The first kappa shape index (κ1) is 14.7. The Morgan fingerprint density at radius 3 is 2.67 bits per heavy atom. The van der Waals surface area contributed by atoms with E-state index in [0.717, 1.165) is 12.8 Å². The van der Waals surface area contributed by atoms with Crippen molar-refractivity contribution in [2.75, 3.05) is 0 Å². The molecular weight excluding hydrogens is 232 g/mol. The Morgan fingerprint density at radius 2 is 2.17 bits per heavy atom. The molecule has 1 aromatic rings. The molecule has 2 unspecified atom stereocenters. The maximum Gasteiger partial charge on any atom is 0.309 e. The summed E-state index contributed by atoms with van der Waals surface area (Å²) >= 11 is 0. The molecule has 1 aromatic heterocycles. The monoisotopic (exact) mass is 254 g/mol. The SMILES string of the molecule is CCCCC(C(=O)O)C(O)c1cncn1C(C)C. The molecule has 1 heterocycles. The highest BCUT2D eigenvalue weighted by Gasteiger charge is 2.29. The zero-order valence-electron chi connectivity index (χ0n) is 11.2. The molecule has 0 radical (unpaired) electrons. The third-order valence-corrected chi connectivity index (χ3v) is 3.12. The van der Waals surface area contributed by atoms with Crippen LogP contribution in [0, 0.1) is 5.92 Å². The number of hydrogen-bond donors (Lipinski definition) is 2. The summed E-state index contributed by atoms with van der Waals surface area (Å²) in [6.07, 6.45) is 4.37. The van der Waals surface area contributed by atoms with E-state index in [1.54, 1.807) is 12.5 Å². The van der Waals surface area contributed by atoms with Crippen LogP contribution in [0.25, 0.3) is 0 Å². The Labute approximate surface area is 107 Å². The molecule has 2 N–H and O–H groups in total. The molecule has 0 saturated heterocycles. The number of aromatic nitrogens is 2. The quantitative estimate of drug-likeness (QED) is 0.783. The van der Waals surface area contributed by atoms with Crippen molar-refractivity contribution in [1.82, 2.24) is 9.55 Å². The number of nitrogens with zero attached hydrogens (tertiary/aromatic N) is 2. The van der Waals surface area contributed by atoms with Gasteiger partial charge in [0.05, 0.1) is 24.1 Å². The number of aliphatic hydroxyl groups is 1. The van der Waals surface area contributed by atoms with E-state index in [9.17, 15) is 15.0 Å². The molecular formula is C13H22N2O3. The summed E-state index contributed by atoms with van der Waals surface area (Å²) in [5, 5.41) is 19.5. The van der Waals surface area contributed by atoms with E-state index in [-0.39, 0.29) is 6.04 Å². The number of carbonyl (C=O) groups is 1. The van der Waals surface area contributed by atoms with Gasteiger partial charge >= 0.3 is 5.97 Å². The minimum absolute atomic E-state index is 0.151. The molecule has 0 bridgehead atoms. The smallest absolute Gasteiger partial charge is 0.309 e. The first-order chi connectivity index (χ1) is 8.49. The van der Waals surface area contributed by atoms with Gasteiger partial charge in [-0.3, -0.25) is 4.79 Å². The molecule has 2 atom stereocenters. The third kappa shape index (κ3) is 3.32. The van der Waals surface area contributed by atoms with Crippen molar-refractivity contribution in [2.45, 2.75) is 52.2 Å². The van der Waals surface area contributed by atoms with Crippen LogP contribution in [-0.2, 0) is 4.79 Å². The molecule has 102 valence electrons. The van der Waals surface area contributed by atoms with Crippen LogP contribution in [-0.4, -0.2) is 25.7 Å². The Kier molecular flexibility index (Phi) is 5.34. The van der Waals surface area contributed by atoms with Gasteiger partial charge in [0.2, 0.25) is 0 Å². The largest absolute Gasteiger partial charge is 0.481 e. The van der Waals surface area contributed by atoms with Crippen LogP contribution in [0.15, 0.2) is 12.5 Å². The minimum Gasteiger partial charge on any atom is -0.481 e. The van der Waals surface area contributed by atoms with Gasteiger partial charge in [0.1, 0.15) is 6.10 Å². The third-order valence-electron chi connectivity index (χ3n) is 3.12. The lowest BCUT2D eigenvalue weighted by molar-refractivity contribution is -0.146. The van der Waals surface area contributed by atoms with Crippen LogP contribution < -0.4 is 0 Å². The zero-order valence-corrected chi connectivity index (χ0v) is 11.2. The maximum atomic E-state index is 11.2. The molecule has 0 spiro atoms. The fourth-order valence-electron chi connectivity index (χ4n) is 2.02. The van der Waals surface area contributed by atoms with Crippen molar-refractivity contribution in [3.8, 4) is 0 Å². The van der Waals surface area contributed by atoms with Gasteiger partial charge in [-0.1, -0.05) is 19.8 Å². The van der Waals surface area contributed by atoms with Crippen molar-refractivity contribution in [3.63, 3.8) is 0 Å². The highest BCUT2D eigenvalue weighted by molar-refractivity contribution is 5.70. The predicted molar refractivity (Wildman–Crippen MR) is 68.2 cm³/mol. The molecule has 5 nitrogen and oxygen atoms in total. The molecule has 0 saturated carbocycles. The second-order valence-electron chi connectivity index (χ2n) is 4.85. The minimum atomic E-state index is -1.00. The van der Waals surface area contributed by atoms with Gasteiger partial charge in [-0.25, -0.2) is 4.98 Å².